The summed E-state index contributed by atoms with van der Waals surface area (Å²) in [5.74, 6) is -1.39. The Morgan fingerprint density at radius 1 is 1.15 bits per heavy atom. The van der Waals surface area contributed by atoms with E-state index in [1.165, 1.54) is 6.92 Å². The Morgan fingerprint density at radius 2 is 1.81 bits per heavy atom. The molecule has 1 N–H and O–H groups in total. The zero-order valence-electron chi connectivity index (χ0n) is 16.3. The van der Waals surface area contributed by atoms with Gasteiger partial charge in [-0.2, -0.15) is 5.10 Å². The highest BCUT2D eigenvalue weighted by molar-refractivity contribution is 6.04. The molecule has 0 aromatic carbocycles. The quantitative estimate of drug-likeness (QED) is 0.798. The van der Waals surface area contributed by atoms with Crippen LogP contribution in [-0.2, 0) is 14.3 Å². The number of imide groups is 1. The third kappa shape index (κ3) is 4.42. The average Bonchev–Trinajstić information content (AvgIpc) is 3.04. The van der Waals surface area contributed by atoms with Crippen molar-refractivity contribution in [1.29, 1.82) is 0 Å². The van der Waals surface area contributed by atoms with Gasteiger partial charge in [0.2, 0.25) is 0 Å². The van der Waals surface area contributed by atoms with Crippen molar-refractivity contribution in [3.8, 4) is 0 Å². The molecule has 0 aliphatic carbocycles. The number of hydrogen-bond donors (Lipinski definition) is 1. The van der Waals surface area contributed by atoms with Crippen molar-refractivity contribution in [3.63, 3.8) is 0 Å². The van der Waals surface area contributed by atoms with Crippen LogP contribution in [0, 0.1) is 0 Å². The van der Waals surface area contributed by atoms with Crippen molar-refractivity contribution in [2.24, 2.45) is 0 Å². The molecule has 0 fully saturated rings. The summed E-state index contributed by atoms with van der Waals surface area (Å²) in [6.45, 7) is 9.23. The number of carbonyl (C=O) groups is 3. The summed E-state index contributed by atoms with van der Waals surface area (Å²) in [5, 5.41) is 6.82. The van der Waals surface area contributed by atoms with Gasteiger partial charge in [-0.3, -0.25) is 10.1 Å². The van der Waals surface area contributed by atoms with E-state index in [9.17, 15) is 14.4 Å². The second-order valence-corrected chi connectivity index (χ2v) is 6.70. The third-order valence-corrected chi connectivity index (χ3v) is 3.95. The number of nitrogens with one attached hydrogen (secondary N) is 1. The lowest BCUT2D eigenvalue weighted by Crippen LogP contribution is -2.39. The largest absolute Gasteiger partial charge is 0.453 e. The minimum Gasteiger partial charge on any atom is -0.453 e. The number of amides is 2. The number of carbonyl (C=O) groups excluding carboxylic acids is 3. The minimum atomic E-state index is -1.18. The van der Waals surface area contributed by atoms with Crippen LogP contribution in [0.15, 0.2) is 12.3 Å². The van der Waals surface area contributed by atoms with Gasteiger partial charge in [-0.25, -0.2) is 19.3 Å². The summed E-state index contributed by atoms with van der Waals surface area (Å²) < 4.78 is 11.3. The molecule has 9 heteroatoms. The Bertz CT molecular complexity index is 872. The number of alkyl carbamates (subject to hydrolysis) is 1. The van der Waals surface area contributed by atoms with E-state index in [0.717, 1.165) is 7.11 Å². The third-order valence-electron chi connectivity index (χ3n) is 3.95. The van der Waals surface area contributed by atoms with Crippen LogP contribution in [0.1, 0.15) is 62.6 Å². The van der Waals surface area contributed by atoms with E-state index in [1.807, 2.05) is 33.0 Å². The number of aromatic nitrogens is 3. The van der Waals surface area contributed by atoms with Crippen LogP contribution >= 0.6 is 0 Å². The maximum atomic E-state index is 12.7. The second-order valence-electron chi connectivity index (χ2n) is 6.70. The summed E-state index contributed by atoms with van der Waals surface area (Å²) in [5.41, 5.74) is 1.56. The fraction of sp³-hybridized carbons (Fsp3) is 0.500. The number of methoxy groups -OCH3 is 1. The maximum Gasteiger partial charge on any atom is 0.413 e. The molecule has 9 nitrogen and oxygen atoms in total. The number of rotatable bonds is 5. The minimum absolute atomic E-state index is 0.0611. The van der Waals surface area contributed by atoms with Crippen LogP contribution in [0.3, 0.4) is 0 Å². The van der Waals surface area contributed by atoms with Gasteiger partial charge in [-0.1, -0.05) is 13.8 Å². The summed E-state index contributed by atoms with van der Waals surface area (Å²) in [4.78, 5) is 40.3. The molecule has 0 saturated carbocycles. The highest BCUT2D eigenvalue weighted by atomic mass is 16.6. The maximum absolute atomic E-state index is 12.7. The molecule has 2 aromatic rings. The van der Waals surface area contributed by atoms with E-state index < -0.39 is 24.1 Å². The summed E-state index contributed by atoms with van der Waals surface area (Å²) in [7, 11) is 1.13. The van der Waals surface area contributed by atoms with Crippen molar-refractivity contribution in [3.05, 3.63) is 23.5 Å². The molecule has 146 valence electrons. The summed E-state index contributed by atoms with van der Waals surface area (Å²) >= 11 is 0. The molecule has 2 rings (SSSR count). The molecule has 2 amide bonds. The highest BCUT2D eigenvalue weighted by Crippen LogP contribution is 2.25. The van der Waals surface area contributed by atoms with Crippen molar-refractivity contribution in [1.82, 2.24) is 20.1 Å². The van der Waals surface area contributed by atoms with E-state index in [-0.39, 0.29) is 17.5 Å². The molecular formula is C18H24N4O5. The lowest BCUT2D eigenvalue weighted by atomic mass is 10.1. The molecule has 0 aliphatic rings. The van der Waals surface area contributed by atoms with Crippen molar-refractivity contribution < 1.29 is 23.9 Å². The van der Waals surface area contributed by atoms with Gasteiger partial charge in [0.1, 0.15) is 0 Å². The Kier molecular flexibility index (Phi) is 6.14. The normalized spacial score (nSPS) is 12.3. The molecule has 0 spiro atoms. The van der Waals surface area contributed by atoms with Crippen LogP contribution < -0.4 is 5.32 Å². The van der Waals surface area contributed by atoms with Crippen LogP contribution in [-0.4, -0.2) is 45.9 Å². The standard InChI is InChI=1S/C18H24N4O5/c1-9(2)14-7-12(13-8-19-22(10(3)4)15(13)20-14)17(24)27-11(5)16(23)21-18(25)26-6/h7-11H,1-6H3,(H,21,23,25)/t11-/m1/s1. The fourth-order valence-corrected chi connectivity index (χ4v) is 2.41. The second kappa shape index (κ2) is 8.15. The smallest absolute Gasteiger partial charge is 0.413 e. The van der Waals surface area contributed by atoms with E-state index in [0.29, 0.717) is 16.7 Å². The number of fused-ring (bicyclic) bond motifs is 1. The van der Waals surface area contributed by atoms with Crippen molar-refractivity contribution in [2.45, 2.75) is 52.7 Å². The first-order valence-corrected chi connectivity index (χ1v) is 8.63. The van der Waals surface area contributed by atoms with Crippen LogP contribution in [0.5, 0.6) is 0 Å². The summed E-state index contributed by atoms with van der Waals surface area (Å²) in [6.07, 6.45) is -0.542. The lowest BCUT2D eigenvalue weighted by Gasteiger charge is -2.14. The number of ether oxygens (including phenoxy) is 2. The van der Waals surface area contributed by atoms with Crippen LogP contribution in [0.4, 0.5) is 4.79 Å². The van der Waals surface area contributed by atoms with Gasteiger partial charge >= 0.3 is 12.1 Å². The predicted octanol–water partition coefficient (Wildman–Crippen LogP) is 2.56. The molecule has 27 heavy (non-hydrogen) atoms. The van der Waals surface area contributed by atoms with Gasteiger partial charge in [0.15, 0.2) is 11.8 Å². The predicted molar refractivity (Wildman–Crippen MR) is 97.4 cm³/mol. The van der Waals surface area contributed by atoms with Crippen LogP contribution in [0.2, 0.25) is 0 Å². The first kappa shape index (κ1) is 20.3. The van der Waals surface area contributed by atoms with E-state index in [4.69, 9.17) is 4.74 Å². The van der Waals surface area contributed by atoms with E-state index in [2.05, 4.69) is 14.8 Å². The zero-order valence-corrected chi connectivity index (χ0v) is 16.3. The number of nitrogens with zero attached hydrogens (tertiary/aromatic N) is 3. The Balaban J connectivity index is 2.37. The van der Waals surface area contributed by atoms with E-state index >= 15 is 0 Å². The lowest BCUT2D eigenvalue weighted by molar-refractivity contribution is -0.128. The van der Waals surface area contributed by atoms with Gasteiger partial charge in [-0.15, -0.1) is 0 Å². The van der Waals surface area contributed by atoms with Gasteiger partial charge in [0, 0.05) is 11.7 Å². The molecule has 0 unspecified atom stereocenters. The molecule has 1 atom stereocenters. The monoisotopic (exact) mass is 376 g/mol. The topological polar surface area (TPSA) is 112 Å². The SMILES string of the molecule is COC(=O)NC(=O)[C@@H](C)OC(=O)c1cc(C(C)C)nc2c1cnn2C(C)C. The van der Waals surface area contributed by atoms with Crippen LogP contribution in [0.25, 0.3) is 11.0 Å². The number of hydrogen-bond acceptors (Lipinski definition) is 7. The Hall–Kier alpha value is -2.97. The Morgan fingerprint density at radius 3 is 2.37 bits per heavy atom. The number of esters is 1. The molecule has 0 bridgehead atoms. The van der Waals surface area contributed by atoms with Gasteiger partial charge < -0.3 is 9.47 Å². The highest BCUT2D eigenvalue weighted by Gasteiger charge is 2.24. The van der Waals surface area contributed by atoms with Gasteiger partial charge in [0.25, 0.3) is 5.91 Å². The van der Waals surface area contributed by atoms with Gasteiger partial charge in [0.05, 0.1) is 24.3 Å². The molecule has 2 aromatic heterocycles. The molecule has 0 radical (unpaired) electrons. The van der Waals surface area contributed by atoms with Gasteiger partial charge in [-0.05, 0) is 32.8 Å². The van der Waals surface area contributed by atoms with Crippen molar-refractivity contribution in [2.75, 3.05) is 7.11 Å². The Labute approximate surface area is 157 Å². The average molecular weight is 376 g/mol. The molecule has 0 aliphatic heterocycles. The molecular weight excluding hydrogens is 352 g/mol. The molecule has 0 saturated heterocycles. The first-order chi connectivity index (χ1) is 12.6. The zero-order chi connectivity index (χ0) is 20.3. The fourth-order valence-electron chi connectivity index (χ4n) is 2.41. The van der Waals surface area contributed by atoms with Crippen molar-refractivity contribution >= 4 is 29.0 Å². The first-order valence-electron chi connectivity index (χ1n) is 8.63. The van der Waals surface area contributed by atoms with E-state index in [1.54, 1.807) is 16.9 Å². The summed E-state index contributed by atoms with van der Waals surface area (Å²) in [6, 6.07) is 1.71. The molecule has 2 heterocycles. The number of pyridine rings is 1.